The molecular formula is C13H16ClF3N2O. The normalized spacial score (nSPS) is 20.2. The molecule has 1 aromatic rings. The zero-order valence-electron chi connectivity index (χ0n) is 10.8. The monoisotopic (exact) mass is 308 g/mol. The van der Waals surface area contributed by atoms with Crippen LogP contribution in [-0.2, 0) is 6.18 Å². The predicted molar refractivity (Wildman–Crippen MR) is 70.9 cm³/mol. The molecule has 1 N–H and O–H groups in total. The van der Waals surface area contributed by atoms with E-state index in [1.165, 1.54) is 0 Å². The van der Waals surface area contributed by atoms with Crippen molar-refractivity contribution >= 4 is 17.4 Å². The number of hydrogen-bond acceptors (Lipinski definition) is 3. The van der Waals surface area contributed by atoms with Crippen molar-refractivity contribution in [2.24, 2.45) is 5.92 Å². The van der Waals surface area contributed by atoms with Gasteiger partial charge in [-0.3, -0.25) is 0 Å². The lowest BCUT2D eigenvalue weighted by Crippen LogP contribution is -2.36. The molecule has 1 aliphatic rings. The topological polar surface area (TPSA) is 36.4 Å². The summed E-state index contributed by atoms with van der Waals surface area (Å²) in [5, 5.41) is 8.99. The molecule has 2 heterocycles. The Labute approximate surface area is 120 Å². The fourth-order valence-corrected chi connectivity index (χ4v) is 2.78. The van der Waals surface area contributed by atoms with Crippen LogP contribution in [0.5, 0.6) is 0 Å². The second-order valence-electron chi connectivity index (χ2n) is 4.99. The molecule has 112 valence electrons. The van der Waals surface area contributed by atoms with E-state index in [-0.39, 0.29) is 11.6 Å². The van der Waals surface area contributed by atoms with E-state index < -0.39 is 11.7 Å². The number of aliphatic hydroxyl groups is 1. The van der Waals surface area contributed by atoms with Gasteiger partial charge in [0.15, 0.2) is 0 Å². The molecule has 1 saturated heterocycles. The Balaban J connectivity index is 2.16. The summed E-state index contributed by atoms with van der Waals surface area (Å²) in [7, 11) is 0. The van der Waals surface area contributed by atoms with Gasteiger partial charge in [0.25, 0.3) is 0 Å². The third-order valence-electron chi connectivity index (χ3n) is 3.50. The van der Waals surface area contributed by atoms with Crippen LogP contribution in [0.3, 0.4) is 0 Å². The van der Waals surface area contributed by atoms with Crippen molar-refractivity contribution in [3.8, 4) is 0 Å². The zero-order chi connectivity index (χ0) is 14.8. The number of rotatable bonds is 3. The molecule has 20 heavy (non-hydrogen) atoms. The molecule has 0 bridgehead atoms. The van der Waals surface area contributed by atoms with E-state index in [4.69, 9.17) is 16.7 Å². The van der Waals surface area contributed by atoms with Crippen molar-refractivity contribution in [1.82, 2.24) is 4.98 Å². The van der Waals surface area contributed by atoms with Crippen LogP contribution in [0.2, 0.25) is 5.02 Å². The third kappa shape index (κ3) is 3.55. The number of anilines is 1. The van der Waals surface area contributed by atoms with Crippen molar-refractivity contribution in [1.29, 1.82) is 0 Å². The van der Waals surface area contributed by atoms with Crippen molar-refractivity contribution in [2.75, 3.05) is 24.6 Å². The fraction of sp³-hybridized carbons (Fsp3) is 0.615. The number of piperidine rings is 1. The molecule has 7 heteroatoms. The Kier molecular flexibility index (Phi) is 4.75. The number of halogens is 4. The fourth-order valence-electron chi connectivity index (χ4n) is 2.49. The Hall–Kier alpha value is -1.01. The van der Waals surface area contributed by atoms with Crippen molar-refractivity contribution in [3.05, 3.63) is 22.8 Å². The number of pyridine rings is 1. The predicted octanol–water partition coefficient (Wildman–Crippen LogP) is 3.35. The summed E-state index contributed by atoms with van der Waals surface area (Å²) < 4.78 is 37.7. The minimum Gasteiger partial charge on any atom is -0.396 e. The molecule has 0 amide bonds. The molecule has 1 aliphatic heterocycles. The molecule has 1 atom stereocenters. The van der Waals surface area contributed by atoms with Gasteiger partial charge in [-0.15, -0.1) is 0 Å². The first-order valence-electron chi connectivity index (χ1n) is 6.50. The lowest BCUT2D eigenvalue weighted by atomic mass is 9.95. The first kappa shape index (κ1) is 15.4. The quantitative estimate of drug-likeness (QED) is 0.930. The maximum absolute atomic E-state index is 12.6. The van der Waals surface area contributed by atoms with Gasteiger partial charge >= 0.3 is 6.18 Å². The molecule has 0 radical (unpaired) electrons. The van der Waals surface area contributed by atoms with Gasteiger partial charge in [0.05, 0.1) is 10.6 Å². The van der Waals surface area contributed by atoms with Gasteiger partial charge in [-0.1, -0.05) is 11.6 Å². The summed E-state index contributed by atoms with van der Waals surface area (Å²) in [6.45, 7) is 1.51. The van der Waals surface area contributed by atoms with Gasteiger partial charge in [0.1, 0.15) is 5.82 Å². The molecule has 0 saturated carbocycles. The maximum Gasteiger partial charge on any atom is 0.417 e. The van der Waals surface area contributed by atoms with Crippen molar-refractivity contribution in [3.63, 3.8) is 0 Å². The Morgan fingerprint density at radius 2 is 2.20 bits per heavy atom. The van der Waals surface area contributed by atoms with Crippen LogP contribution in [0.4, 0.5) is 19.0 Å². The summed E-state index contributed by atoms with van der Waals surface area (Å²) in [6.07, 6.45) is -0.999. The van der Waals surface area contributed by atoms with E-state index in [1.807, 2.05) is 4.90 Å². The van der Waals surface area contributed by atoms with Crippen LogP contribution >= 0.6 is 11.6 Å². The van der Waals surface area contributed by atoms with Crippen molar-refractivity contribution < 1.29 is 18.3 Å². The Morgan fingerprint density at radius 3 is 2.80 bits per heavy atom. The minimum atomic E-state index is -4.43. The smallest absolute Gasteiger partial charge is 0.396 e. The molecular weight excluding hydrogens is 293 g/mol. The number of alkyl halides is 3. The number of aliphatic hydroxyl groups excluding tert-OH is 1. The van der Waals surface area contributed by atoms with E-state index in [2.05, 4.69) is 4.98 Å². The van der Waals surface area contributed by atoms with Crippen LogP contribution in [0.15, 0.2) is 12.3 Å². The lowest BCUT2D eigenvalue weighted by Gasteiger charge is -2.34. The third-order valence-corrected chi connectivity index (χ3v) is 3.78. The van der Waals surface area contributed by atoms with E-state index in [1.54, 1.807) is 0 Å². The molecule has 2 rings (SSSR count). The maximum atomic E-state index is 12.6. The molecule has 0 aliphatic carbocycles. The standard InChI is InChI=1S/C13H16ClF3N2O/c14-11-6-10(13(15,16)17)7-18-12(11)19-4-1-2-9(8-19)3-5-20/h6-7,9,20H,1-5,8H2. The van der Waals surface area contributed by atoms with E-state index >= 15 is 0 Å². The minimum absolute atomic E-state index is 0.0180. The second kappa shape index (κ2) is 6.18. The zero-order valence-corrected chi connectivity index (χ0v) is 11.6. The molecule has 0 spiro atoms. The first-order valence-corrected chi connectivity index (χ1v) is 6.88. The first-order chi connectivity index (χ1) is 9.41. The van der Waals surface area contributed by atoms with E-state index in [0.29, 0.717) is 24.7 Å². The average Bonchev–Trinajstić information content (AvgIpc) is 2.38. The summed E-state index contributed by atoms with van der Waals surface area (Å²) in [4.78, 5) is 5.77. The van der Waals surface area contributed by atoms with Crippen LogP contribution in [-0.4, -0.2) is 29.8 Å². The van der Waals surface area contributed by atoms with Crippen LogP contribution in [0.25, 0.3) is 0 Å². The van der Waals surface area contributed by atoms with Crippen LogP contribution in [0, 0.1) is 5.92 Å². The van der Waals surface area contributed by atoms with Gasteiger partial charge in [-0.05, 0) is 31.2 Å². The highest BCUT2D eigenvalue weighted by molar-refractivity contribution is 6.33. The average molecular weight is 309 g/mol. The molecule has 1 fully saturated rings. The van der Waals surface area contributed by atoms with Gasteiger partial charge < -0.3 is 10.0 Å². The molecule has 1 aromatic heterocycles. The highest BCUT2D eigenvalue weighted by atomic mass is 35.5. The molecule has 0 aromatic carbocycles. The molecule has 1 unspecified atom stereocenters. The van der Waals surface area contributed by atoms with Crippen LogP contribution < -0.4 is 4.90 Å². The molecule has 3 nitrogen and oxygen atoms in total. The SMILES string of the molecule is OCCC1CCCN(c2ncc(C(F)(F)F)cc2Cl)C1. The Bertz CT molecular complexity index is 465. The van der Waals surface area contributed by atoms with Gasteiger partial charge in [-0.2, -0.15) is 13.2 Å². The van der Waals surface area contributed by atoms with Crippen molar-refractivity contribution in [2.45, 2.75) is 25.4 Å². The highest BCUT2D eigenvalue weighted by Gasteiger charge is 2.32. The van der Waals surface area contributed by atoms with Gasteiger partial charge in [0.2, 0.25) is 0 Å². The second-order valence-corrected chi connectivity index (χ2v) is 5.40. The summed E-state index contributed by atoms with van der Waals surface area (Å²) >= 11 is 5.94. The highest BCUT2D eigenvalue weighted by Crippen LogP contribution is 2.34. The van der Waals surface area contributed by atoms with E-state index in [0.717, 1.165) is 31.6 Å². The summed E-state index contributed by atoms with van der Waals surface area (Å²) in [6, 6.07) is 0.916. The van der Waals surface area contributed by atoms with Gasteiger partial charge in [0, 0.05) is 25.9 Å². The number of aromatic nitrogens is 1. The Morgan fingerprint density at radius 1 is 1.45 bits per heavy atom. The lowest BCUT2D eigenvalue weighted by molar-refractivity contribution is -0.137. The van der Waals surface area contributed by atoms with Gasteiger partial charge in [-0.25, -0.2) is 4.98 Å². The van der Waals surface area contributed by atoms with Crippen LogP contribution in [0.1, 0.15) is 24.8 Å². The number of nitrogens with zero attached hydrogens (tertiary/aromatic N) is 2. The number of hydrogen-bond donors (Lipinski definition) is 1. The summed E-state index contributed by atoms with van der Waals surface area (Å²) in [5.41, 5.74) is -0.838. The summed E-state index contributed by atoms with van der Waals surface area (Å²) in [5.74, 6) is 0.719. The van der Waals surface area contributed by atoms with E-state index in [9.17, 15) is 13.2 Å². The largest absolute Gasteiger partial charge is 0.417 e.